The Morgan fingerprint density at radius 3 is 3.09 bits per heavy atom. The Bertz CT molecular complexity index is 610. The highest BCUT2D eigenvalue weighted by atomic mass is 127. The van der Waals surface area contributed by atoms with Crippen molar-refractivity contribution in [3.8, 4) is 0 Å². The summed E-state index contributed by atoms with van der Waals surface area (Å²) >= 11 is 3.63. The second-order valence-electron chi connectivity index (χ2n) is 5.53. The van der Waals surface area contributed by atoms with Crippen LogP contribution >= 0.6 is 47.1 Å². The van der Waals surface area contributed by atoms with Crippen LogP contribution in [0.5, 0.6) is 0 Å². The molecule has 2 unspecified atom stereocenters. The molecular formula is C15H24IN5S2. The van der Waals surface area contributed by atoms with E-state index >= 15 is 0 Å². The Labute approximate surface area is 162 Å². The molecule has 1 fully saturated rings. The Hall–Kier alpha value is -0.480. The van der Waals surface area contributed by atoms with Gasteiger partial charge in [0.1, 0.15) is 0 Å². The molecule has 2 heterocycles. The van der Waals surface area contributed by atoms with E-state index in [9.17, 15) is 0 Å². The first kappa shape index (κ1) is 18.9. The molecule has 128 valence electrons. The molecule has 0 amide bonds. The molecule has 0 saturated heterocycles. The summed E-state index contributed by atoms with van der Waals surface area (Å²) in [5.74, 6) is 0.908. The van der Waals surface area contributed by atoms with Gasteiger partial charge in [-0.05, 0) is 32.4 Å². The van der Waals surface area contributed by atoms with Crippen molar-refractivity contribution in [1.82, 2.24) is 20.0 Å². The summed E-state index contributed by atoms with van der Waals surface area (Å²) in [6.07, 6.45) is 10.1. The molecular weight excluding hydrogens is 441 g/mol. The van der Waals surface area contributed by atoms with Gasteiger partial charge in [0.25, 0.3) is 0 Å². The van der Waals surface area contributed by atoms with E-state index in [4.69, 9.17) is 0 Å². The second-order valence-corrected chi connectivity index (χ2v) is 7.54. The molecule has 0 spiro atoms. The van der Waals surface area contributed by atoms with E-state index in [1.54, 1.807) is 11.3 Å². The number of aromatic nitrogens is 2. The first-order chi connectivity index (χ1) is 10.8. The van der Waals surface area contributed by atoms with Gasteiger partial charge >= 0.3 is 0 Å². The summed E-state index contributed by atoms with van der Waals surface area (Å²) in [6.45, 7) is 3.59. The number of fused-ring (bicyclic) bond motifs is 1. The van der Waals surface area contributed by atoms with Gasteiger partial charge in [0.05, 0.1) is 12.2 Å². The van der Waals surface area contributed by atoms with Crippen molar-refractivity contribution in [2.45, 2.75) is 44.0 Å². The van der Waals surface area contributed by atoms with Crippen LogP contribution in [0.15, 0.2) is 22.8 Å². The first-order valence-electron chi connectivity index (χ1n) is 7.77. The van der Waals surface area contributed by atoms with Crippen LogP contribution in [0, 0.1) is 0 Å². The van der Waals surface area contributed by atoms with E-state index in [0.29, 0.717) is 12.6 Å². The van der Waals surface area contributed by atoms with Crippen molar-refractivity contribution in [2.24, 2.45) is 4.99 Å². The quantitative estimate of drug-likeness (QED) is 0.404. The zero-order valence-electron chi connectivity index (χ0n) is 13.5. The number of guanidine groups is 1. The molecule has 0 radical (unpaired) electrons. The zero-order valence-corrected chi connectivity index (χ0v) is 17.5. The largest absolute Gasteiger partial charge is 0.357 e. The number of aliphatic imine (C=N–C) groups is 1. The van der Waals surface area contributed by atoms with Crippen molar-refractivity contribution < 1.29 is 0 Å². The number of hydrogen-bond acceptors (Lipinski definition) is 4. The standard InChI is InChI=1S/C15H23N5S2.HI/c1-3-16-14(18-11-4-5-13(8-11)21-2)17-9-12-10-20-6-7-22-15(20)19-12;/h6-7,10-11,13H,3-5,8-9H2,1-2H3,(H2,16,17,18);1H. The predicted molar refractivity (Wildman–Crippen MR) is 111 cm³/mol. The van der Waals surface area contributed by atoms with Gasteiger partial charge in [-0.25, -0.2) is 9.98 Å². The number of nitrogens with one attached hydrogen (secondary N) is 2. The van der Waals surface area contributed by atoms with E-state index in [1.807, 2.05) is 23.3 Å². The highest BCUT2D eigenvalue weighted by Crippen LogP contribution is 2.28. The third-order valence-corrected chi connectivity index (χ3v) is 5.81. The van der Waals surface area contributed by atoms with E-state index < -0.39 is 0 Å². The van der Waals surface area contributed by atoms with Crippen molar-refractivity contribution in [2.75, 3.05) is 12.8 Å². The van der Waals surface area contributed by atoms with Gasteiger partial charge in [0.2, 0.25) is 0 Å². The maximum absolute atomic E-state index is 4.69. The predicted octanol–water partition coefficient (Wildman–Crippen LogP) is 3.35. The van der Waals surface area contributed by atoms with Crippen molar-refractivity contribution in [3.63, 3.8) is 0 Å². The molecule has 1 aliphatic rings. The molecule has 2 N–H and O–H groups in total. The molecule has 0 bridgehead atoms. The molecule has 5 nitrogen and oxygen atoms in total. The van der Waals surface area contributed by atoms with Gasteiger partial charge in [-0.3, -0.25) is 4.40 Å². The fraction of sp³-hybridized carbons (Fsp3) is 0.600. The highest BCUT2D eigenvalue weighted by molar-refractivity contribution is 14.0. The minimum absolute atomic E-state index is 0. The van der Waals surface area contributed by atoms with Gasteiger partial charge < -0.3 is 10.6 Å². The number of rotatable bonds is 5. The van der Waals surface area contributed by atoms with Crippen LogP contribution in [-0.2, 0) is 6.54 Å². The van der Waals surface area contributed by atoms with Crippen molar-refractivity contribution in [1.29, 1.82) is 0 Å². The molecule has 1 aliphatic carbocycles. The molecule has 8 heteroatoms. The molecule has 2 aromatic rings. The van der Waals surface area contributed by atoms with Gasteiger partial charge in [-0.2, -0.15) is 11.8 Å². The molecule has 0 aliphatic heterocycles. The van der Waals surface area contributed by atoms with Crippen LogP contribution in [-0.4, -0.2) is 39.4 Å². The average molecular weight is 465 g/mol. The van der Waals surface area contributed by atoms with Gasteiger partial charge in [-0.15, -0.1) is 35.3 Å². The van der Waals surface area contributed by atoms with Crippen molar-refractivity contribution >= 4 is 58.0 Å². The molecule has 0 aromatic carbocycles. The normalized spacial score (nSPS) is 21.4. The molecule has 2 atom stereocenters. The third kappa shape index (κ3) is 4.99. The number of thiazole rings is 1. The summed E-state index contributed by atoms with van der Waals surface area (Å²) < 4.78 is 2.05. The van der Waals surface area contributed by atoms with Crippen LogP contribution in [0.3, 0.4) is 0 Å². The van der Waals surface area contributed by atoms with E-state index in [2.05, 4.69) is 44.4 Å². The zero-order chi connectivity index (χ0) is 15.4. The van der Waals surface area contributed by atoms with E-state index in [0.717, 1.165) is 28.4 Å². The number of thioether (sulfide) groups is 1. The lowest BCUT2D eigenvalue weighted by molar-refractivity contribution is 0.615. The van der Waals surface area contributed by atoms with E-state index in [1.165, 1.54) is 19.3 Å². The molecule has 1 saturated carbocycles. The topological polar surface area (TPSA) is 53.7 Å². The van der Waals surface area contributed by atoms with Crippen LogP contribution in [0.4, 0.5) is 0 Å². The summed E-state index contributed by atoms with van der Waals surface area (Å²) in [6, 6.07) is 0.542. The van der Waals surface area contributed by atoms with Gasteiger partial charge in [-0.1, -0.05) is 0 Å². The maximum Gasteiger partial charge on any atom is 0.193 e. The monoisotopic (exact) mass is 465 g/mol. The third-order valence-electron chi connectivity index (χ3n) is 3.95. The summed E-state index contributed by atoms with van der Waals surface area (Å²) in [5, 5.41) is 9.75. The molecule has 2 aromatic heterocycles. The second kappa shape index (κ2) is 9.12. The Morgan fingerprint density at radius 2 is 2.39 bits per heavy atom. The summed E-state index contributed by atoms with van der Waals surface area (Å²) in [7, 11) is 0. The van der Waals surface area contributed by atoms with Crippen LogP contribution in [0.1, 0.15) is 31.9 Å². The SMILES string of the molecule is CCNC(=NCc1cn2ccsc2n1)NC1CCC(SC)C1.I. The minimum atomic E-state index is 0. The number of hydrogen-bond donors (Lipinski definition) is 2. The average Bonchev–Trinajstić information content (AvgIpc) is 3.20. The Balaban J connectivity index is 0.00000192. The number of halogens is 1. The number of nitrogens with zero attached hydrogens (tertiary/aromatic N) is 3. The molecule has 23 heavy (non-hydrogen) atoms. The fourth-order valence-electron chi connectivity index (χ4n) is 2.81. The Kier molecular flexibility index (Phi) is 7.48. The van der Waals surface area contributed by atoms with Gasteiger partial charge in [0.15, 0.2) is 10.9 Å². The summed E-state index contributed by atoms with van der Waals surface area (Å²) in [5.41, 5.74) is 1.01. The van der Waals surface area contributed by atoms with Crippen LogP contribution in [0.25, 0.3) is 4.96 Å². The first-order valence-corrected chi connectivity index (χ1v) is 9.94. The lowest BCUT2D eigenvalue weighted by Gasteiger charge is -2.17. The minimum Gasteiger partial charge on any atom is -0.357 e. The van der Waals surface area contributed by atoms with Crippen LogP contribution < -0.4 is 10.6 Å². The fourth-order valence-corrected chi connectivity index (χ4v) is 4.33. The van der Waals surface area contributed by atoms with Gasteiger partial charge in [0, 0.05) is 35.6 Å². The smallest absolute Gasteiger partial charge is 0.193 e. The van der Waals surface area contributed by atoms with Crippen LogP contribution in [0.2, 0.25) is 0 Å². The molecule has 3 rings (SSSR count). The Morgan fingerprint density at radius 1 is 1.52 bits per heavy atom. The lowest BCUT2D eigenvalue weighted by atomic mass is 10.2. The summed E-state index contributed by atoms with van der Waals surface area (Å²) in [4.78, 5) is 10.3. The van der Waals surface area contributed by atoms with E-state index in [-0.39, 0.29) is 24.0 Å². The lowest BCUT2D eigenvalue weighted by Crippen LogP contribution is -2.42. The highest BCUT2D eigenvalue weighted by Gasteiger charge is 2.24. The van der Waals surface area contributed by atoms with Crippen molar-refractivity contribution in [3.05, 3.63) is 23.5 Å². The maximum atomic E-state index is 4.69. The number of imidazole rings is 1.